The highest BCUT2D eigenvalue weighted by Gasteiger charge is 2.23. The van der Waals surface area contributed by atoms with E-state index in [9.17, 15) is 14.9 Å². The van der Waals surface area contributed by atoms with Gasteiger partial charge in [-0.05, 0) is 12.1 Å². The molecular weight excluding hydrogens is 278 g/mol. The van der Waals surface area contributed by atoms with E-state index in [1.807, 2.05) is 0 Å². The lowest BCUT2D eigenvalue weighted by Gasteiger charge is -2.07. The molecule has 0 unspecified atom stereocenters. The van der Waals surface area contributed by atoms with E-state index in [2.05, 4.69) is 20.8 Å². The van der Waals surface area contributed by atoms with E-state index in [0.29, 0.717) is 12.3 Å². The van der Waals surface area contributed by atoms with Crippen molar-refractivity contribution >= 4 is 17.3 Å². The zero-order chi connectivity index (χ0) is 15.2. The highest BCUT2D eigenvalue weighted by atomic mass is 16.6. The Balaban J connectivity index is 2.10. The third-order valence-corrected chi connectivity index (χ3v) is 2.76. The summed E-state index contributed by atoms with van der Waals surface area (Å²) in [6, 6.07) is 4.51. The van der Waals surface area contributed by atoms with Crippen molar-refractivity contribution < 1.29 is 14.2 Å². The van der Waals surface area contributed by atoms with Crippen molar-refractivity contribution in [2.45, 2.75) is 6.42 Å². The Morgan fingerprint density at radius 1 is 1.48 bits per heavy atom. The van der Waals surface area contributed by atoms with Crippen LogP contribution in [0.15, 0.2) is 29.0 Å². The quantitative estimate of drug-likeness (QED) is 0.600. The standard InChI is InChI=1S/C12H13N5O4/c1-13-9-4-2-3-8(11(9)17(19)20)12(18)14-6-5-10-15-7-16-21-10/h2-4,7,13H,5-6H2,1H3,(H,14,18). The number of anilines is 1. The number of aromatic nitrogens is 2. The zero-order valence-corrected chi connectivity index (χ0v) is 11.2. The number of rotatable bonds is 6. The average molecular weight is 291 g/mol. The van der Waals surface area contributed by atoms with Gasteiger partial charge in [0, 0.05) is 20.0 Å². The molecule has 2 rings (SSSR count). The van der Waals surface area contributed by atoms with Crippen LogP contribution < -0.4 is 10.6 Å². The molecule has 0 saturated carbocycles. The summed E-state index contributed by atoms with van der Waals surface area (Å²) >= 11 is 0. The Morgan fingerprint density at radius 3 is 2.90 bits per heavy atom. The summed E-state index contributed by atoms with van der Waals surface area (Å²) in [7, 11) is 1.56. The summed E-state index contributed by atoms with van der Waals surface area (Å²) in [5, 5.41) is 19.8. The number of nitro benzene ring substituents is 1. The second-order valence-corrected chi connectivity index (χ2v) is 4.05. The molecule has 2 N–H and O–H groups in total. The van der Waals surface area contributed by atoms with Gasteiger partial charge in [0.25, 0.3) is 5.91 Å². The number of nitro groups is 1. The number of nitrogens with one attached hydrogen (secondary N) is 2. The first-order chi connectivity index (χ1) is 10.1. The molecule has 0 bridgehead atoms. The molecule has 1 heterocycles. The normalized spacial score (nSPS) is 10.1. The first kappa shape index (κ1) is 14.4. The molecule has 9 heteroatoms. The molecule has 0 aliphatic rings. The predicted octanol–water partition coefficient (Wildman–Crippen LogP) is 0.992. The molecule has 0 radical (unpaired) electrons. The van der Waals surface area contributed by atoms with Crippen LogP contribution in [0, 0.1) is 10.1 Å². The molecule has 2 aromatic rings. The molecular formula is C12H13N5O4. The van der Waals surface area contributed by atoms with Gasteiger partial charge < -0.3 is 15.2 Å². The second kappa shape index (κ2) is 6.46. The van der Waals surface area contributed by atoms with Gasteiger partial charge in [-0.15, -0.1) is 0 Å². The minimum atomic E-state index is -0.585. The van der Waals surface area contributed by atoms with Crippen LogP contribution in [0.5, 0.6) is 0 Å². The van der Waals surface area contributed by atoms with E-state index in [4.69, 9.17) is 4.52 Å². The van der Waals surface area contributed by atoms with Crippen molar-refractivity contribution in [3.63, 3.8) is 0 Å². The van der Waals surface area contributed by atoms with Gasteiger partial charge in [-0.3, -0.25) is 14.9 Å². The van der Waals surface area contributed by atoms with E-state index in [1.54, 1.807) is 13.1 Å². The van der Waals surface area contributed by atoms with Gasteiger partial charge in [-0.1, -0.05) is 11.2 Å². The van der Waals surface area contributed by atoms with Crippen LogP contribution in [0.4, 0.5) is 11.4 Å². The topological polar surface area (TPSA) is 123 Å². The van der Waals surface area contributed by atoms with Gasteiger partial charge in [0.2, 0.25) is 5.89 Å². The van der Waals surface area contributed by atoms with Gasteiger partial charge in [0.1, 0.15) is 11.3 Å². The van der Waals surface area contributed by atoms with Crippen LogP contribution in [-0.2, 0) is 6.42 Å². The van der Waals surface area contributed by atoms with Crippen LogP contribution in [0.25, 0.3) is 0 Å². The van der Waals surface area contributed by atoms with E-state index in [-0.39, 0.29) is 23.5 Å². The number of carbonyl (C=O) groups excluding carboxylic acids is 1. The molecule has 0 saturated heterocycles. The summed E-state index contributed by atoms with van der Waals surface area (Å²) in [6.07, 6.45) is 1.61. The smallest absolute Gasteiger partial charge is 0.305 e. The number of para-hydroxylation sites is 1. The fourth-order valence-electron chi connectivity index (χ4n) is 1.81. The SMILES string of the molecule is CNc1cccc(C(=O)NCCc2ncno2)c1[N+](=O)[O-]. The molecule has 110 valence electrons. The van der Waals surface area contributed by atoms with Crippen molar-refractivity contribution in [1.82, 2.24) is 15.5 Å². The fourth-order valence-corrected chi connectivity index (χ4v) is 1.81. The highest BCUT2D eigenvalue weighted by Crippen LogP contribution is 2.28. The van der Waals surface area contributed by atoms with Gasteiger partial charge in [-0.2, -0.15) is 4.98 Å². The third-order valence-electron chi connectivity index (χ3n) is 2.76. The molecule has 0 spiro atoms. The number of amides is 1. The van der Waals surface area contributed by atoms with Gasteiger partial charge >= 0.3 is 5.69 Å². The highest BCUT2D eigenvalue weighted by molar-refractivity contribution is 6.00. The number of carbonyl (C=O) groups is 1. The van der Waals surface area contributed by atoms with E-state index in [0.717, 1.165) is 0 Å². The molecule has 1 amide bonds. The number of nitrogens with zero attached hydrogens (tertiary/aromatic N) is 3. The fraction of sp³-hybridized carbons (Fsp3) is 0.250. The molecule has 0 aliphatic heterocycles. The Labute approximate surface area is 119 Å². The van der Waals surface area contributed by atoms with Crippen LogP contribution in [0.1, 0.15) is 16.2 Å². The van der Waals surface area contributed by atoms with Crippen molar-refractivity contribution in [2.75, 3.05) is 18.9 Å². The van der Waals surface area contributed by atoms with Crippen molar-refractivity contribution in [1.29, 1.82) is 0 Å². The molecule has 1 aromatic carbocycles. The number of hydrogen-bond acceptors (Lipinski definition) is 7. The Kier molecular flexibility index (Phi) is 4.44. The van der Waals surface area contributed by atoms with E-state index < -0.39 is 10.8 Å². The summed E-state index contributed by atoms with van der Waals surface area (Å²) in [5.74, 6) is -0.146. The lowest BCUT2D eigenvalue weighted by Crippen LogP contribution is -2.26. The predicted molar refractivity (Wildman–Crippen MR) is 73.0 cm³/mol. The first-order valence-electron chi connectivity index (χ1n) is 6.12. The van der Waals surface area contributed by atoms with Crippen LogP contribution in [-0.4, -0.2) is 34.6 Å². The number of benzene rings is 1. The molecule has 0 atom stereocenters. The summed E-state index contributed by atoms with van der Waals surface area (Å²) in [6.45, 7) is 0.238. The lowest BCUT2D eigenvalue weighted by atomic mass is 10.1. The Bertz CT molecular complexity index is 641. The van der Waals surface area contributed by atoms with Crippen LogP contribution in [0.2, 0.25) is 0 Å². The maximum absolute atomic E-state index is 12.1. The van der Waals surface area contributed by atoms with Gasteiger partial charge in [0.15, 0.2) is 6.33 Å². The maximum atomic E-state index is 12.1. The molecule has 1 aromatic heterocycles. The largest absolute Gasteiger partial charge is 0.383 e. The van der Waals surface area contributed by atoms with Crippen LogP contribution in [0.3, 0.4) is 0 Å². The molecule has 9 nitrogen and oxygen atoms in total. The Morgan fingerprint density at radius 2 is 2.29 bits per heavy atom. The van der Waals surface area contributed by atoms with E-state index >= 15 is 0 Å². The van der Waals surface area contributed by atoms with Crippen molar-refractivity contribution in [3.8, 4) is 0 Å². The number of hydrogen-bond donors (Lipinski definition) is 2. The summed E-state index contributed by atoms with van der Waals surface area (Å²) < 4.78 is 4.79. The van der Waals surface area contributed by atoms with E-state index in [1.165, 1.54) is 18.5 Å². The van der Waals surface area contributed by atoms with Crippen molar-refractivity contribution in [2.24, 2.45) is 0 Å². The monoisotopic (exact) mass is 291 g/mol. The van der Waals surface area contributed by atoms with Gasteiger partial charge in [-0.25, -0.2) is 0 Å². The van der Waals surface area contributed by atoms with Crippen LogP contribution >= 0.6 is 0 Å². The summed E-state index contributed by atoms with van der Waals surface area (Å²) in [4.78, 5) is 26.4. The second-order valence-electron chi connectivity index (χ2n) is 4.05. The first-order valence-corrected chi connectivity index (χ1v) is 6.12. The molecule has 0 aliphatic carbocycles. The minimum absolute atomic E-state index is 0.00243. The van der Waals surface area contributed by atoms with Gasteiger partial charge in [0.05, 0.1) is 4.92 Å². The van der Waals surface area contributed by atoms with Crippen molar-refractivity contribution in [3.05, 3.63) is 46.1 Å². The Hall–Kier alpha value is -2.97. The molecule has 21 heavy (non-hydrogen) atoms. The molecule has 0 fully saturated rings. The zero-order valence-electron chi connectivity index (χ0n) is 11.2. The minimum Gasteiger partial charge on any atom is -0.383 e. The summed E-state index contributed by atoms with van der Waals surface area (Å²) in [5.41, 5.74) is 0.0252. The third kappa shape index (κ3) is 3.32. The maximum Gasteiger partial charge on any atom is 0.305 e. The average Bonchev–Trinajstić information content (AvgIpc) is 2.99. The lowest BCUT2D eigenvalue weighted by molar-refractivity contribution is -0.384.